The van der Waals surface area contributed by atoms with Crippen molar-refractivity contribution in [2.45, 2.75) is 24.7 Å². The van der Waals surface area contributed by atoms with Gasteiger partial charge in [0, 0.05) is 15.6 Å². The first-order valence-corrected chi connectivity index (χ1v) is 11.0. The number of rotatable bonds is 6. The van der Waals surface area contributed by atoms with Crippen molar-refractivity contribution in [3.63, 3.8) is 0 Å². The number of nitrogens with one attached hydrogen (secondary N) is 1. The van der Waals surface area contributed by atoms with Crippen molar-refractivity contribution < 1.29 is 4.79 Å². The summed E-state index contributed by atoms with van der Waals surface area (Å²) < 4.78 is 0. The van der Waals surface area contributed by atoms with Crippen LogP contribution in [0.4, 0.5) is 5.69 Å². The van der Waals surface area contributed by atoms with Crippen LogP contribution in [-0.2, 0) is 4.79 Å². The van der Waals surface area contributed by atoms with Crippen LogP contribution in [0.5, 0.6) is 0 Å². The maximum absolute atomic E-state index is 12.3. The summed E-state index contributed by atoms with van der Waals surface area (Å²) in [6.45, 7) is 4.33. The normalized spacial score (nSPS) is 11.2. The molecule has 0 aliphatic carbocycles. The smallest absolute Gasteiger partial charge is 0.234 e. The Bertz CT molecular complexity index is 1170. The highest BCUT2D eigenvalue weighted by Crippen LogP contribution is 2.22. The van der Waals surface area contributed by atoms with Gasteiger partial charge in [0.15, 0.2) is 0 Å². The Kier molecular flexibility index (Phi) is 6.06. The zero-order chi connectivity index (χ0) is 21.1. The lowest BCUT2D eigenvalue weighted by Crippen LogP contribution is -2.13. The maximum Gasteiger partial charge on any atom is 0.234 e. The summed E-state index contributed by atoms with van der Waals surface area (Å²) in [7, 11) is 0. The molecule has 152 valence electrons. The van der Waals surface area contributed by atoms with Crippen LogP contribution in [-0.4, -0.2) is 26.7 Å². The molecule has 0 atom stereocenters. The molecule has 7 heteroatoms. The fourth-order valence-corrected chi connectivity index (χ4v) is 3.80. The van der Waals surface area contributed by atoms with Gasteiger partial charge in [-0.05, 0) is 66.1 Å². The molecule has 30 heavy (non-hydrogen) atoms. The van der Waals surface area contributed by atoms with Gasteiger partial charge in [0.25, 0.3) is 0 Å². The Hall–Kier alpha value is -2.83. The third kappa shape index (κ3) is 4.83. The Morgan fingerprint density at radius 2 is 1.70 bits per heavy atom. The van der Waals surface area contributed by atoms with E-state index in [4.69, 9.17) is 11.6 Å². The summed E-state index contributed by atoms with van der Waals surface area (Å²) in [6.07, 6.45) is 0. The number of carbonyl (C=O) groups excluding carboxylic acids is 1. The van der Waals surface area contributed by atoms with E-state index < -0.39 is 0 Å². The van der Waals surface area contributed by atoms with Crippen LogP contribution >= 0.6 is 23.4 Å². The standard InChI is InChI=1S/C23H21ClN4OS/c1-15(2)16-3-8-19(9-4-16)28-26-21-12-7-18(13-22(21)27-28)25-23(29)14-30-20-10-5-17(24)6-11-20/h3-13,15H,14H2,1-2H3,(H,25,29). The van der Waals surface area contributed by atoms with Gasteiger partial charge in [0.2, 0.25) is 5.91 Å². The monoisotopic (exact) mass is 436 g/mol. The van der Waals surface area contributed by atoms with Gasteiger partial charge in [-0.25, -0.2) is 0 Å². The van der Waals surface area contributed by atoms with E-state index in [0.29, 0.717) is 22.4 Å². The zero-order valence-corrected chi connectivity index (χ0v) is 18.2. The lowest BCUT2D eigenvalue weighted by Gasteiger charge is -2.05. The number of hydrogen-bond acceptors (Lipinski definition) is 4. The van der Waals surface area contributed by atoms with E-state index >= 15 is 0 Å². The number of carbonyl (C=O) groups is 1. The number of anilines is 1. The first-order chi connectivity index (χ1) is 14.5. The Labute approximate surface area is 184 Å². The first kappa shape index (κ1) is 20.4. The van der Waals surface area contributed by atoms with E-state index in [-0.39, 0.29) is 5.91 Å². The number of amides is 1. The van der Waals surface area contributed by atoms with Crippen LogP contribution in [0, 0.1) is 0 Å². The lowest BCUT2D eigenvalue weighted by molar-refractivity contribution is -0.113. The number of nitrogens with zero attached hydrogens (tertiary/aromatic N) is 3. The summed E-state index contributed by atoms with van der Waals surface area (Å²) in [5.41, 5.74) is 4.38. The van der Waals surface area contributed by atoms with Crippen molar-refractivity contribution in [2.75, 3.05) is 11.1 Å². The second-order valence-electron chi connectivity index (χ2n) is 7.23. The van der Waals surface area contributed by atoms with Crippen molar-refractivity contribution in [1.82, 2.24) is 15.0 Å². The quantitative estimate of drug-likeness (QED) is 0.380. The molecule has 1 heterocycles. The number of hydrogen-bond donors (Lipinski definition) is 1. The Morgan fingerprint density at radius 1 is 1.00 bits per heavy atom. The van der Waals surface area contributed by atoms with E-state index in [2.05, 4.69) is 41.5 Å². The molecule has 5 nitrogen and oxygen atoms in total. The van der Waals surface area contributed by atoms with Crippen molar-refractivity contribution >= 4 is 46.0 Å². The minimum atomic E-state index is -0.0778. The van der Waals surface area contributed by atoms with Crippen LogP contribution in [0.1, 0.15) is 25.3 Å². The number of halogens is 1. The molecule has 4 aromatic rings. The molecule has 0 fully saturated rings. The molecule has 0 unspecified atom stereocenters. The second-order valence-corrected chi connectivity index (χ2v) is 8.72. The minimum absolute atomic E-state index is 0.0778. The zero-order valence-electron chi connectivity index (χ0n) is 16.7. The van der Waals surface area contributed by atoms with Gasteiger partial charge >= 0.3 is 0 Å². The SMILES string of the molecule is CC(C)c1ccc(-n2nc3ccc(NC(=O)CSc4ccc(Cl)cc4)cc3n2)cc1. The highest BCUT2D eigenvalue weighted by atomic mass is 35.5. The van der Waals surface area contributed by atoms with Crippen molar-refractivity contribution in [1.29, 1.82) is 0 Å². The summed E-state index contributed by atoms with van der Waals surface area (Å²) >= 11 is 7.35. The summed E-state index contributed by atoms with van der Waals surface area (Å²) in [4.78, 5) is 14.9. The molecule has 0 saturated heterocycles. The average Bonchev–Trinajstić information content (AvgIpc) is 3.17. The van der Waals surface area contributed by atoms with Gasteiger partial charge in [0.1, 0.15) is 11.0 Å². The molecule has 0 aliphatic heterocycles. The fourth-order valence-electron chi connectivity index (χ4n) is 2.98. The number of fused-ring (bicyclic) bond motifs is 1. The molecule has 0 aliphatic rings. The highest BCUT2D eigenvalue weighted by molar-refractivity contribution is 8.00. The second kappa shape index (κ2) is 8.90. The topological polar surface area (TPSA) is 59.8 Å². The minimum Gasteiger partial charge on any atom is -0.325 e. The molecular weight excluding hydrogens is 416 g/mol. The number of aromatic nitrogens is 3. The molecule has 0 spiro atoms. The van der Waals surface area contributed by atoms with E-state index in [1.54, 1.807) is 4.80 Å². The molecule has 1 N–H and O–H groups in total. The summed E-state index contributed by atoms with van der Waals surface area (Å²) in [6, 6.07) is 21.2. The Balaban J connectivity index is 1.44. The van der Waals surface area contributed by atoms with Gasteiger partial charge in [-0.3, -0.25) is 4.79 Å². The van der Waals surface area contributed by atoms with E-state index in [1.165, 1.54) is 17.3 Å². The summed E-state index contributed by atoms with van der Waals surface area (Å²) in [5.74, 6) is 0.716. The van der Waals surface area contributed by atoms with Crippen molar-refractivity contribution in [2.24, 2.45) is 0 Å². The molecule has 1 aromatic heterocycles. The predicted molar refractivity (Wildman–Crippen MR) is 124 cm³/mol. The predicted octanol–water partition coefficient (Wildman–Crippen LogP) is 5.93. The molecule has 0 radical (unpaired) electrons. The van der Waals surface area contributed by atoms with Gasteiger partial charge in [-0.1, -0.05) is 37.6 Å². The third-order valence-electron chi connectivity index (χ3n) is 4.64. The van der Waals surface area contributed by atoms with Gasteiger partial charge < -0.3 is 5.32 Å². The molecule has 4 rings (SSSR count). The lowest BCUT2D eigenvalue weighted by atomic mass is 10.0. The summed E-state index contributed by atoms with van der Waals surface area (Å²) in [5, 5.41) is 12.7. The molecule has 1 amide bonds. The molecular formula is C23H21ClN4OS. The number of benzene rings is 3. The van der Waals surface area contributed by atoms with Gasteiger partial charge in [0.05, 0.1) is 11.4 Å². The van der Waals surface area contributed by atoms with Crippen LogP contribution in [0.3, 0.4) is 0 Å². The Morgan fingerprint density at radius 3 is 2.40 bits per heavy atom. The largest absolute Gasteiger partial charge is 0.325 e. The van der Waals surface area contributed by atoms with E-state index in [1.807, 2.05) is 54.6 Å². The third-order valence-corrected chi connectivity index (χ3v) is 5.90. The van der Waals surface area contributed by atoms with Gasteiger partial charge in [-0.2, -0.15) is 4.80 Å². The molecule has 0 saturated carbocycles. The average molecular weight is 437 g/mol. The van der Waals surface area contributed by atoms with Crippen LogP contribution in [0.25, 0.3) is 16.7 Å². The van der Waals surface area contributed by atoms with E-state index in [9.17, 15) is 4.79 Å². The van der Waals surface area contributed by atoms with Crippen molar-refractivity contribution in [3.05, 3.63) is 77.3 Å². The number of thioether (sulfide) groups is 1. The van der Waals surface area contributed by atoms with Crippen molar-refractivity contribution in [3.8, 4) is 5.69 Å². The fraction of sp³-hybridized carbons (Fsp3) is 0.174. The highest BCUT2D eigenvalue weighted by Gasteiger charge is 2.09. The van der Waals surface area contributed by atoms with Crippen LogP contribution < -0.4 is 5.32 Å². The maximum atomic E-state index is 12.3. The van der Waals surface area contributed by atoms with Crippen LogP contribution in [0.15, 0.2) is 71.6 Å². The van der Waals surface area contributed by atoms with Crippen LogP contribution in [0.2, 0.25) is 5.02 Å². The van der Waals surface area contributed by atoms with Gasteiger partial charge in [-0.15, -0.1) is 22.0 Å². The molecule has 0 bridgehead atoms. The van der Waals surface area contributed by atoms with E-state index in [0.717, 1.165) is 21.6 Å². The first-order valence-electron chi connectivity index (χ1n) is 9.63. The molecule has 3 aromatic carbocycles.